The van der Waals surface area contributed by atoms with E-state index >= 15 is 0 Å². The summed E-state index contributed by atoms with van der Waals surface area (Å²) in [7, 11) is 1.82. The molecule has 4 nitrogen and oxygen atoms in total. The van der Waals surface area contributed by atoms with E-state index in [-0.39, 0.29) is 0 Å². The molecule has 0 saturated carbocycles. The minimum atomic E-state index is 0.575. The Labute approximate surface area is 114 Å². The van der Waals surface area contributed by atoms with E-state index in [0.717, 1.165) is 17.1 Å². The Morgan fingerprint density at radius 2 is 1.88 bits per heavy atom. The van der Waals surface area contributed by atoms with Gasteiger partial charge in [0.2, 0.25) is 5.88 Å². The minimum absolute atomic E-state index is 0.575. The second-order valence-electron chi connectivity index (χ2n) is 3.46. The molecular formula is C12H12IN3O. The third-order valence-electron chi connectivity index (χ3n) is 2.30. The number of nitrogens with one attached hydrogen (secondary N) is 1. The Kier molecular flexibility index (Phi) is 3.78. The van der Waals surface area contributed by atoms with Crippen molar-refractivity contribution in [2.45, 2.75) is 6.92 Å². The lowest BCUT2D eigenvalue weighted by Crippen LogP contribution is -1.99. The van der Waals surface area contributed by atoms with Crippen LogP contribution in [0, 0.1) is 10.5 Å². The molecule has 2 rings (SSSR count). The SMILES string of the molecule is CNc1ncnc(Oc2ccc(I)cc2)c1C. The molecule has 1 heterocycles. The van der Waals surface area contributed by atoms with E-state index in [2.05, 4.69) is 37.9 Å². The van der Waals surface area contributed by atoms with Gasteiger partial charge in [0.15, 0.2) is 0 Å². The van der Waals surface area contributed by atoms with Gasteiger partial charge in [0, 0.05) is 10.6 Å². The summed E-state index contributed by atoms with van der Waals surface area (Å²) in [4.78, 5) is 8.24. The summed E-state index contributed by atoms with van der Waals surface area (Å²) >= 11 is 2.25. The fraction of sp³-hybridized carbons (Fsp3) is 0.167. The van der Waals surface area contributed by atoms with Crippen molar-refractivity contribution in [3.63, 3.8) is 0 Å². The molecule has 0 spiro atoms. The lowest BCUT2D eigenvalue weighted by molar-refractivity contribution is 0.457. The van der Waals surface area contributed by atoms with Gasteiger partial charge in [-0.25, -0.2) is 9.97 Å². The van der Waals surface area contributed by atoms with Crippen LogP contribution in [-0.2, 0) is 0 Å². The van der Waals surface area contributed by atoms with Crippen molar-refractivity contribution in [1.82, 2.24) is 9.97 Å². The summed E-state index contributed by atoms with van der Waals surface area (Å²) in [5.41, 5.74) is 0.897. The van der Waals surface area contributed by atoms with Crippen LogP contribution >= 0.6 is 22.6 Å². The van der Waals surface area contributed by atoms with Crippen LogP contribution in [0.3, 0.4) is 0 Å². The molecule has 0 aliphatic heterocycles. The number of benzene rings is 1. The molecule has 0 radical (unpaired) electrons. The summed E-state index contributed by atoms with van der Waals surface area (Å²) in [5.74, 6) is 2.13. The predicted molar refractivity (Wildman–Crippen MR) is 75.5 cm³/mol. The normalized spacial score (nSPS) is 10.1. The van der Waals surface area contributed by atoms with Crippen molar-refractivity contribution >= 4 is 28.4 Å². The van der Waals surface area contributed by atoms with Crippen molar-refractivity contribution in [2.75, 3.05) is 12.4 Å². The number of nitrogens with zero attached hydrogens (tertiary/aromatic N) is 2. The molecule has 0 amide bonds. The van der Waals surface area contributed by atoms with Crippen LogP contribution in [0.2, 0.25) is 0 Å². The number of hydrogen-bond acceptors (Lipinski definition) is 4. The highest BCUT2D eigenvalue weighted by atomic mass is 127. The van der Waals surface area contributed by atoms with Crippen molar-refractivity contribution in [3.8, 4) is 11.6 Å². The molecule has 88 valence electrons. The lowest BCUT2D eigenvalue weighted by Gasteiger charge is -2.09. The van der Waals surface area contributed by atoms with E-state index in [4.69, 9.17) is 4.74 Å². The topological polar surface area (TPSA) is 47.0 Å². The van der Waals surface area contributed by atoms with Crippen molar-refractivity contribution < 1.29 is 4.74 Å². The number of halogens is 1. The fourth-order valence-electron chi connectivity index (χ4n) is 1.40. The van der Waals surface area contributed by atoms with Crippen LogP contribution in [0.25, 0.3) is 0 Å². The maximum atomic E-state index is 5.71. The summed E-state index contributed by atoms with van der Waals surface area (Å²) in [6.45, 7) is 1.92. The number of aromatic nitrogens is 2. The molecular weight excluding hydrogens is 329 g/mol. The van der Waals surface area contributed by atoms with E-state index in [1.807, 2.05) is 38.2 Å². The summed E-state index contributed by atoms with van der Waals surface area (Å²) in [6, 6.07) is 7.82. The number of hydrogen-bond donors (Lipinski definition) is 1. The number of rotatable bonds is 3. The van der Waals surface area contributed by atoms with Crippen LogP contribution in [0.15, 0.2) is 30.6 Å². The van der Waals surface area contributed by atoms with Gasteiger partial charge in [-0.2, -0.15) is 0 Å². The van der Waals surface area contributed by atoms with Gasteiger partial charge in [-0.15, -0.1) is 0 Å². The third kappa shape index (κ3) is 2.85. The van der Waals surface area contributed by atoms with E-state index < -0.39 is 0 Å². The zero-order chi connectivity index (χ0) is 12.3. The largest absolute Gasteiger partial charge is 0.439 e. The number of ether oxygens (including phenoxy) is 1. The van der Waals surface area contributed by atoms with Gasteiger partial charge in [0.25, 0.3) is 0 Å². The monoisotopic (exact) mass is 341 g/mol. The molecule has 1 N–H and O–H groups in total. The minimum Gasteiger partial charge on any atom is -0.439 e. The Bertz CT molecular complexity index is 514. The smallest absolute Gasteiger partial charge is 0.227 e. The van der Waals surface area contributed by atoms with Gasteiger partial charge in [-0.1, -0.05) is 0 Å². The maximum absolute atomic E-state index is 5.71. The van der Waals surface area contributed by atoms with Gasteiger partial charge in [-0.3, -0.25) is 0 Å². The van der Waals surface area contributed by atoms with Crippen molar-refractivity contribution in [3.05, 3.63) is 39.7 Å². The molecule has 0 aliphatic rings. The number of anilines is 1. The quantitative estimate of drug-likeness (QED) is 0.871. The molecule has 0 bridgehead atoms. The fourth-order valence-corrected chi connectivity index (χ4v) is 1.76. The molecule has 0 aliphatic carbocycles. The van der Waals surface area contributed by atoms with Gasteiger partial charge in [0.1, 0.15) is 17.9 Å². The highest BCUT2D eigenvalue weighted by Gasteiger charge is 2.07. The molecule has 5 heteroatoms. The highest BCUT2D eigenvalue weighted by molar-refractivity contribution is 14.1. The predicted octanol–water partition coefficient (Wildman–Crippen LogP) is 3.22. The first-order valence-electron chi connectivity index (χ1n) is 5.13. The third-order valence-corrected chi connectivity index (χ3v) is 3.02. The van der Waals surface area contributed by atoms with Crippen LogP contribution in [0.5, 0.6) is 11.6 Å². The molecule has 17 heavy (non-hydrogen) atoms. The first kappa shape index (κ1) is 12.1. The Balaban J connectivity index is 2.27. The first-order valence-corrected chi connectivity index (χ1v) is 6.21. The average Bonchev–Trinajstić information content (AvgIpc) is 2.35. The molecule has 2 aromatic rings. The van der Waals surface area contributed by atoms with Crippen LogP contribution in [0.4, 0.5) is 5.82 Å². The second kappa shape index (κ2) is 5.31. The summed E-state index contributed by atoms with van der Waals surface area (Å²) in [5, 5.41) is 3.00. The van der Waals surface area contributed by atoms with Crippen LogP contribution in [0.1, 0.15) is 5.56 Å². The summed E-state index contributed by atoms with van der Waals surface area (Å²) < 4.78 is 6.88. The Hall–Kier alpha value is -1.37. The molecule has 0 atom stereocenters. The van der Waals surface area contributed by atoms with E-state index in [1.165, 1.54) is 9.90 Å². The van der Waals surface area contributed by atoms with Crippen molar-refractivity contribution in [2.24, 2.45) is 0 Å². The highest BCUT2D eigenvalue weighted by Crippen LogP contribution is 2.25. The Morgan fingerprint density at radius 3 is 2.53 bits per heavy atom. The molecule has 1 aromatic carbocycles. The average molecular weight is 341 g/mol. The van der Waals surface area contributed by atoms with Crippen LogP contribution in [-0.4, -0.2) is 17.0 Å². The summed E-state index contributed by atoms with van der Waals surface area (Å²) in [6.07, 6.45) is 1.49. The molecule has 1 aromatic heterocycles. The van der Waals surface area contributed by atoms with E-state index in [0.29, 0.717) is 5.88 Å². The van der Waals surface area contributed by atoms with Crippen molar-refractivity contribution in [1.29, 1.82) is 0 Å². The lowest BCUT2D eigenvalue weighted by atomic mass is 10.3. The van der Waals surface area contributed by atoms with Gasteiger partial charge >= 0.3 is 0 Å². The van der Waals surface area contributed by atoms with Crippen LogP contribution < -0.4 is 10.1 Å². The van der Waals surface area contributed by atoms with Gasteiger partial charge in [-0.05, 0) is 53.8 Å². The zero-order valence-electron chi connectivity index (χ0n) is 9.57. The standard InChI is InChI=1S/C12H12IN3O/c1-8-11(14-2)15-7-16-12(8)17-10-5-3-9(13)4-6-10/h3-7H,1-2H3,(H,14,15,16). The van der Waals surface area contributed by atoms with Gasteiger partial charge in [0.05, 0.1) is 5.56 Å². The van der Waals surface area contributed by atoms with E-state index in [9.17, 15) is 0 Å². The Morgan fingerprint density at radius 1 is 1.18 bits per heavy atom. The van der Waals surface area contributed by atoms with Gasteiger partial charge < -0.3 is 10.1 Å². The maximum Gasteiger partial charge on any atom is 0.227 e. The van der Waals surface area contributed by atoms with E-state index in [1.54, 1.807) is 0 Å². The second-order valence-corrected chi connectivity index (χ2v) is 4.70. The zero-order valence-corrected chi connectivity index (χ0v) is 11.7. The molecule has 0 saturated heterocycles. The molecule has 0 unspecified atom stereocenters. The first-order chi connectivity index (χ1) is 8.20. The molecule has 0 fully saturated rings.